The molecule has 0 spiro atoms. The lowest BCUT2D eigenvalue weighted by Crippen LogP contribution is -2.17. The zero-order valence-electron chi connectivity index (χ0n) is 7.77. The first-order valence-corrected chi connectivity index (χ1v) is 3.72. The van der Waals surface area contributed by atoms with Crippen molar-refractivity contribution in [3.8, 4) is 0 Å². The second kappa shape index (κ2) is 3.51. The van der Waals surface area contributed by atoms with Gasteiger partial charge >= 0.3 is 0 Å². The molecule has 0 aliphatic rings. The summed E-state index contributed by atoms with van der Waals surface area (Å²) in [6.07, 6.45) is 3.33. The molecule has 0 radical (unpaired) electrons. The molecule has 1 heteroatoms. The highest BCUT2D eigenvalue weighted by Gasteiger charge is 2.17. The molecule has 1 nitrogen and oxygen atoms in total. The van der Waals surface area contributed by atoms with Crippen molar-refractivity contribution < 1.29 is 4.79 Å². The van der Waals surface area contributed by atoms with Gasteiger partial charge in [-0.05, 0) is 13.0 Å². The van der Waals surface area contributed by atoms with Crippen LogP contribution in [0.4, 0.5) is 0 Å². The number of carbonyl (C=O) groups is 1. The van der Waals surface area contributed by atoms with Gasteiger partial charge in [-0.1, -0.05) is 39.0 Å². The van der Waals surface area contributed by atoms with Gasteiger partial charge in [0.15, 0.2) is 5.78 Å². The van der Waals surface area contributed by atoms with Crippen LogP contribution in [0.25, 0.3) is 0 Å². The molecule has 0 N–H and O–H groups in total. The van der Waals surface area contributed by atoms with Crippen molar-refractivity contribution in [3.05, 3.63) is 24.3 Å². The molecular formula is C10H16O. The molecule has 0 heterocycles. The number of allylic oxidation sites excluding steroid dienone is 3. The number of hydrogen-bond acceptors (Lipinski definition) is 1. The van der Waals surface area contributed by atoms with Crippen molar-refractivity contribution in [1.82, 2.24) is 0 Å². The molecular weight excluding hydrogens is 136 g/mol. The average molecular weight is 152 g/mol. The van der Waals surface area contributed by atoms with Crippen LogP contribution in [0.15, 0.2) is 24.3 Å². The molecule has 0 aromatic heterocycles. The highest BCUT2D eigenvalue weighted by Crippen LogP contribution is 2.15. The van der Waals surface area contributed by atoms with E-state index < -0.39 is 0 Å². The van der Waals surface area contributed by atoms with Gasteiger partial charge in [0.05, 0.1) is 0 Å². The van der Waals surface area contributed by atoms with Crippen molar-refractivity contribution in [1.29, 1.82) is 0 Å². The summed E-state index contributed by atoms with van der Waals surface area (Å²) in [6.45, 7) is 11.2. The van der Waals surface area contributed by atoms with Gasteiger partial charge in [0, 0.05) is 5.41 Å². The summed E-state index contributed by atoms with van der Waals surface area (Å²) in [5.41, 5.74) is 0.633. The Morgan fingerprint density at radius 3 is 2.00 bits per heavy atom. The largest absolute Gasteiger partial charge is 0.294 e. The first-order valence-electron chi connectivity index (χ1n) is 3.72. The molecule has 0 aromatic carbocycles. The van der Waals surface area contributed by atoms with E-state index in [4.69, 9.17) is 0 Å². The summed E-state index contributed by atoms with van der Waals surface area (Å²) in [5.74, 6) is 0.139. The monoisotopic (exact) mass is 152 g/mol. The third-order valence-electron chi connectivity index (χ3n) is 1.26. The van der Waals surface area contributed by atoms with Crippen molar-refractivity contribution in [2.45, 2.75) is 27.7 Å². The maximum absolute atomic E-state index is 11.2. The van der Waals surface area contributed by atoms with E-state index in [1.54, 1.807) is 12.2 Å². The molecule has 62 valence electrons. The Bertz CT molecular complexity index is 191. The summed E-state index contributed by atoms with van der Waals surface area (Å²) < 4.78 is 0. The van der Waals surface area contributed by atoms with Crippen LogP contribution >= 0.6 is 0 Å². The number of hydrogen-bond donors (Lipinski definition) is 0. The van der Waals surface area contributed by atoms with E-state index in [9.17, 15) is 4.79 Å². The van der Waals surface area contributed by atoms with Crippen LogP contribution in [0.2, 0.25) is 0 Å². The van der Waals surface area contributed by atoms with Crippen LogP contribution in [-0.2, 0) is 4.79 Å². The van der Waals surface area contributed by atoms with Gasteiger partial charge in [0.25, 0.3) is 0 Å². The van der Waals surface area contributed by atoms with Crippen LogP contribution in [0.5, 0.6) is 0 Å². The van der Waals surface area contributed by atoms with Crippen molar-refractivity contribution in [3.63, 3.8) is 0 Å². The van der Waals surface area contributed by atoms with Gasteiger partial charge in [0.2, 0.25) is 0 Å². The Balaban J connectivity index is 4.20. The molecule has 0 bridgehead atoms. The highest BCUT2D eigenvalue weighted by molar-refractivity contribution is 5.94. The standard InChI is InChI=1S/C10H16O/c1-8(2)6-7-9(11)10(3,4)5/h6-7H,1H2,2-5H3. The minimum atomic E-state index is -0.272. The second-order valence-corrected chi connectivity index (χ2v) is 3.79. The Labute approximate surface area is 68.8 Å². The van der Waals surface area contributed by atoms with Crippen LogP contribution < -0.4 is 0 Å². The average Bonchev–Trinajstić information content (AvgIpc) is 1.80. The lowest BCUT2D eigenvalue weighted by molar-refractivity contribution is -0.121. The zero-order valence-corrected chi connectivity index (χ0v) is 7.77. The number of rotatable bonds is 2. The third-order valence-corrected chi connectivity index (χ3v) is 1.26. The molecule has 0 saturated heterocycles. The minimum Gasteiger partial charge on any atom is -0.294 e. The fourth-order valence-electron chi connectivity index (χ4n) is 0.468. The predicted octanol–water partition coefficient (Wildman–Crippen LogP) is 2.73. The van der Waals surface area contributed by atoms with E-state index in [0.29, 0.717) is 0 Å². The maximum atomic E-state index is 11.2. The molecule has 0 aromatic rings. The molecule has 0 saturated carbocycles. The second-order valence-electron chi connectivity index (χ2n) is 3.79. The maximum Gasteiger partial charge on any atom is 0.160 e. The van der Waals surface area contributed by atoms with Crippen molar-refractivity contribution in [2.24, 2.45) is 5.41 Å². The van der Waals surface area contributed by atoms with E-state index in [2.05, 4.69) is 6.58 Å². The molecule has 0 aliphatic carbocycles. The summed E-state index contributed by atoms with van der Waals surface area (Å²) in [5, 5.41) is 0. The van der Waals surface area contributed by atoms with Gasteiger partial charge in [-0.25, -0.2) is 0 Å². The topological polar surface area (TPSA) is 17.1 Å². The van der Waals surface area contributed by atoms with Crippen LogP contribution in [0, 0.1) is 5.41 Å². The Morgan fingerprint density at radius 1 is 1.27 bits per heavy atom. The summed E-state index contributed by atoms with van der Waals surface area (Å²) in [4.78, 5) is 11.2. The first kappa shape index (κ1) is 10.2. The molecule has 0 amide bonds. The smallest absolute Gasteiger partial charge is 0.160 e. The summed E-state index contributed by atoms with van der Waals surface area (Å²) in [7, 11) is 0. The first-order chi connectivity index (χ1) is 4.84. The quantitative estimate of drug-likeness (QED) is 0.439. The Morgan fingerprint density at radius 2 is 1.73 bits per heavy atom. The van der Waals surface area contributed by atoms with Gasteiger partial charge in [0.1, 0.15) is 0 Å². The molecule has 0 fully saturated rings. The SMILES string of the molecule is C=C(C)C=CC(=O)C(C)(C)C. The lowest BCUT2D eigenvalue weighted by atomic mass is 9.90. The summed E-state index contributed by atoms with van der Waals surface area (Å²) in [6, 6.07) is 0. The van der Waals surface area contributed by atoms with Crippen LogP contribution in [0.1, 0.15) is 27.7 Å². The predicted molar refractivity (Wildman–Crippen MR) is 48.4 cm³/mol. The van der Waals surface area contributed by atoms with E-state index in [1.807, 2.05) is 27.7 Å². The fourth-order valence-corrected chi connectivity index (χ4v) is 0.468. The van der Waals surface area contributed by atoms with E-state index >= 15 is 0 Å². The van der Waals surface area contributed by atoms with Gasteiger partial charge in [-0.15, -0.1) is 0 Å². The molecule has 0 rings (SSSR count). The fraction of sp³-hybridized carbons (Fsp3) is 0.500. The minimum absolute atomic E-state index is 0.139. The zero-order chi connectivity index (χ0) is 9.07. The molecule has 0 unspecified atom stereocenters. The van der Waals surface area contributed by atoms with E-state index in [0.717, 1.165) is 5.57 Å². The van der Waals surface area contributed by atoms with Gasteiger partial charge in [-0.2, -0.15) is 0 Å². The van der Waals surface area contributed by atoms with E-state index in [-0.39, 0.29) is 11.2 Å². The highest BCUT2D eigenvalue weighted by atomic mass is 16.1. The Hall–Kier alpha value is -0.850. The van der Waals surface area contributed by atoms with Crippen molar-refractivity contribution in [2.75, 3.05) is 0 Å². The summed E-state index contributed by atoms with van der Waals surface area (Å²) >= 11 is 0. The van der Waals surface area contributed by atoms with Gasteiger partial charge in [-0.3, -0.25) is 4.79 Å². The van der Waals surface area contributed by atoms with Gasteiger partial charge < -0.3 is 0 Å². The molecule has 11 heavy (non-hydrogen) atoms. The molecule has 0 atom stereocenters. The normalized spacial score (nSPS) is 12.0. The third kappa shape index (κ3) is 4.54. The number of carbonyl (C=O) groups excluding carboxylic acids is 1. The molecule has 0 aliphatic heterocycles. The van der Waals surface area contributed by atoms with E-state index in [1.165, 1.54) is 0 Å². The lowest BCUT2D eigenvalue weighted by Gasteiger charge is -2.12. The van der Waals surface area contributed by atoms with Crippen LogP contribution in [-0.4, -0.2) is 5.78 Å². The Kier molecular flexibility index (Phi) is 3.24. The van der Waals surface area contributed by atoms with Crippen LogP contribution in [0.3, 0.4) is 0 Å². The van der Waals surface area contributed by atoms with Crippen molar-refractivity contribution >= 4 is 5.78 Å². The number of ketones is 1.